The number of likely N-dealkylation sites (tertiary alicyclic amines) is 1. The van der Waals surface area contributed by atoms with Crippen molar-refractivity contribution in [3.8, 4) is 0 Å². The third kappa shape index (κ3) is 4.93. The lowest BCUT2D eigenvalue weighted by atomic mass is 10.1. The van der Waals surface area contributed by atoms with Crippen LogP contribution in [0.5, 0.6) is 0 Å². The third-order valence-electron chi connectivity index (χ3n) is 5.62. The van der Waals surface area contributed by atoms with Crippen LogP contribution < -0.4 is 0 Å². The van der Waals surface area contributed by atoms with Gasteiger partial charge < -0.3 is 4.90 Å². The first-order valence-electron chi connectivity index (χ1n) is 9.83. The lowest BCUT2D eigenvalue weighted by molar-refractivity contribution is -0.133. The van der Waals surface area contributed by atoms with Gasteiger partial charge in [0.2, 0.25) is 5.91 Å². The molecule has 0 aliphatic carbocycles. The second-order valence-corrected chi connectivity index (χ2v) is 9.37. The van der Waals surface area contributed by atoms with Gasteiger partial charge in [-0.2, -0.15) is 17.0 Å². The Morgan fingerprint density at radius 3 is 1.72 bits per heavy atom. The number of hydrogen-bond acceptors (Lipinski definition) is 4. The van der Waals surface area contributed by atoms with Gasteiger partial charge in [-0.1, -0.05) is 12.8 Å². The van der Waals surface area contributed by atoms with Crippen LogP contribution in [0.25, 0.3) is 0 Å². The van der Waals surface area contributed by atoms with E-state index in [1.807, 2.05) is 4.90 Å². The van der Waals surface area contributed by atoms with Crippen LogP contribution in [0, 0.1) is 0 Å². The van der Waals surface area contributed by atoms with Gasteiger partial charge in [0.15, 0.2) is 0 Å². The minimum atomic E-state index is -3.34. The molecule has 3 aliphatic heterocycles. The number of carbonyl (C=O) groups is 1. The summed E-state index contributed by atoms with van der Waals surface area (Å²) in [5.74, 6) is 0.198. The number of piperidine rings is 1. The molecule has 3 rings (SSSR count). The van der Waals surface area contributed by atoms with E-state index in [-0.39, 0.29) is 5.91 Å². The van der Waals surface area contributed by atoms with Crippen LogP contribution in [0.1, 0.15) is 44.9 Å². The van der Waals surface area contributed by atoms with E-state index in [1.54, 1.807) is 8.61 Å². The summed E-state index contributed by atoms with van der Waals surface area (Å²) in [7, 11) is -3.34. The molecule has 0 unspecified atom stereocenters. The van der Waals surface area contributed by atoms with Crippen molar-refractivity contribution < 1.29 is 13.2 Å². The van der Waals surface area contributed by atoms with E-state index in [4.69, 9.17) is 0 Å². The molecule has 25 heavy (non-hydrogen) atoms. The molecule has 3 saturated heterocycles. The van der Waals surface area contributed by atoms with Crippen LogP contribution in [0.4, 0.5) is 0 Å². The molecular weight excluding hydrogens is 340 g/mol. The Morgan fingerprint density at radius 1 is 0.640 bits per heavy atom. The molecule has 144 valence electrons. The van der Waals surface area contributed by atoms with Gasteiger partial charge in [-0.15, -0.1) is 0 Å². The summed E-state index contributed by atoms with van der Waals surface area (Å²) < 4.78 is 28.9. The first kappa shape index (κ1) is 19.1. The summed E-state index contributed by atoms with van der Waals surface area (Å²) in [5, 5.41) is 0. The Morgan fingerprint density at radius 2 is 1.12 bits per heavy atom. The van der Waals surface area contributed by atoms with Crippen LogP contribution in [0.15, 0.2) is 0 Å². The lowest BCUT2D eigenvalue weighted by Gasteiger charge is -2.37. The fourth-order valence-corrected chi connectivity index (χ4v) is 5.66. The number of amides is 1. The van der Waals surface area contributed by atoms with Crippen molar-refractivity contribution >= 4 is 16.1 Å². The van der Waals surface area contributed by atoms with Crippen molar-refractivity contribution in [2.24, 2.45) is 0 Å². The molecule has 1 amide bonds. The molecule has 3 fully saturated rings. The molecular formula is C17H32N4O3S. The van der Waals surface area contributed by atoms with Crippen LogP contribution in [0.2, 0.25) is 0 Å². The van der Waals surface area contributed by atoms with E-state index in [0.717, 1.165) is 51.6 Å². The van der Waals surface area contributed by atoms with E-state index in [9.17, 15) is 13.2 Å². The first-order valence-corrected chi connectivity index (χ1v) is 11.2. The Balaban J connectivity index is 1.48. The molecule has 0 N–H and O–H groups in total. The zero-order valence-electron chi connectivity index (χ0n) is 15.2. The molecule has 0 atom stereocenters. The minimum absolute atomic E-state index is 0.198. The average Bonchev–Trinajstić information content (AvgIpc) is 2.93. The maximum Gasteiger partial charge on any atom is 0.282 e. The van der Waals surface area contributed by atoms with Gasteiger partial charge >= 0.3 is 0 Å². The number of carbonyl (C=O) groups excluding carboxylic acids is 1. The summed E-state index contributed by atoms with van der Waals surface area (Å²) in [4.78, 5) is 16.4. The zero-order valence-corrected chi connectivity index (χ0v) is 16.1. The van der Waals surface area contributed by atoms with Gasteiger partial charge in [0.25, 0.3) is 10.2 Å². The molecule has 8 heteroatoms. The van der Waals surface area contributed by atoms with Crippen molar-refractivity contribution in [1.29, 1.82) is 0 Å². The highest BCUT2D eigenvalue weighted by Crippen LogP contribution is 2.18. The van der Waals surface area contributed by atoms with Crippen LogP contribution in [-0.2, 0) is 15.0 Å². The van der Waals surface area contributed by atoms with E-state index < -0.39 is 10.2 Å². The van der Waals surface area contributed by atoms with Crippen LogP contribution in [-0.4, -0.2) is 91.6 Å². The Bertz CT molecular complexity index is 532. The maximum atomic E-state index is 12.8. The van der Waals surface area contributed by atoms with E-state index >= 15 is 0 Å². The quantitative estimate of drug-likeness (QED) is 0.730. The van der Waals surface area contributed by atoms with E-state index in [0.29, 0.717) is 45.8 Å². The molecule has 7 nitrogen and oxygen atoms in total. The molecule has 3 aliphatic rings. The number of nitrogens with zero attached hydrogens (tertiary/aromatic N) is 4. The Hall–Kier alpha value is -0.700. The third-order valence-corrected chi connectivity index (χ3v) is 7.65. The SMILES string of the molecule is O=C(CN1CCN(S(=O)(=O)N2CCCCCC2)CC1)N1CCCCC1. The predicted octanol–water partition coefficient (Wildman–Crippen LogP) is 0.737. The van der Waals surface area contributed by atoms with Crippen LogP contribution >= 0.6 is 0 Å². The van der Waals surface area contributed by atoms with Gasteiger partial charge in [-0.05, 0) is 32.1 Å². The summed E-state index contributed by atoms with van der Waals surface area (Å²) in [6, 6.07) is 0. The molecule has 0 spiro atoms. The Labute approximate surface area is 152 Å². The largest absolute Gasteiger partial charge is 0.342 e. The maximum absolute atomic E-state index is 12.8. The van der Waals surface area contributed by atoms with Crippen molar-refractivity contribution in [2.75, 3.05) is 58.9 Å². The second kappa shape index (κ2) is 8.79. The van der Waals surface area contributed by atoms with Gasteiger partial charge in [-0.25, -0.2) is 0 Å². The fourth-order valence-electron chi connectivity index (χ4n) is 3.99. The topological polar surface area (TPSA) is 64.2 Å². The first-order chi connectivity index (χ1) is 12.1. The van der Waals surface area contributed by atoms with E-state index in [1.165, 1.54) is 6.42 Å². The summed E-state index contributed by atoms with van der Waals surface area (Å²) >= 11 is 0. The molecule has 0 radical (unpaired) electrons. The summed E-state index contributed by atoms with van der Waals surface area (Å²) in [6.07, 6.45) is 7.60. The number of rotatable bonds is 4. The number of piperazine rings is 1. The highest BCUT2D eigenvalue weighted by Gasteiger charge is 2.33. The van der Waals surface area contributed by atoms with Crippen LogP contribution in [0.3, 0.4) is 0 Å². The smallest absolute Gasteiger partial charge is 0.282 e. The molecule has 0 aromatic heterocycles. The molecule has 0 saturated carbocycles. The lowest BCUT2D eigenvalue weighted by Crippen LogP contribution is -2.55. The highest BCUT2D eigenvalue weighted by molar-refractivity contribution is 7.86. The van der Waals surface area contributed by atoms with Gasteiger partial charge in [0.05, 0.1) is 6.54 Å². The van der Waals surface area contributed by atoms with Gasteiger partial charge in [0.1, 0.15) is 0 Å². The van der Waals surface area contributed by atoms with Crippen molar-refractivity contribution in [3.63, 3.8) is 0 Å². The standard InChI is InChI=1S/C17H32N4O3S/c22-17(19-8-4-3-5-9-19)16-18-12-14-21(15-13-18)25(23,24)20-10-6-1-2-7-11-20/h1-16H2. The molecule has 0 aromatic rings. The van der Waals surface area contributed by atoms with Crippen molar-refractivity contribution in [2.45, 2.75) is 44.9 Å². The zero-order chi connectivity index (χ0) is 17.7. The Kier molecular flexibility index (Phi) is 6.71. The monoisotopic (exact) mass is 372 g/mol. The molecule has 0 aromatic carbocycles. The number of hydrogen-bond donors (Lipinski definition) is 0. The van der Waals surface area contributed by atoms with E-state index in [2.05, 4.69) is 4.90 Å². The highest BCUT2D eigenvalue weighted by atomic mass is 32.2. The van der Waals surface area contributed by atoms with Gasteiger partial charge in [-0.3, -0.25) is 9.69 Å². The summed E-state index contributed by atoms with van der Waals surface area (Å²) in [5.41, 5.74) is 0. The normalized spacial score (nSPS) is 25.7. The van der Waals surface area contributed by atoms with Gasteiger partial charge in [0, 0.05) is 52.4 Å². The molecule has 0 bridgehead atoms. The average molecular weight is 373 g/mol. The minimum Gasteiger partial charge on any atom is -0.342 e. The second-order valence-electron chi connectivity index (χ2n) is 7.44. The predicted molar refractivity (Wildman–Crippen MR) is 97.4 cm³/mol. The van der Waals surface area contributed by atoms with Crippen molar-refractivity contribution in [3.05, 3.63) is 0 Å². The molecule has 3 heterocycles. The fraction of sp³-hybridized carbons (Fsp3) is 0.941. The van der Waals surface area contributed by atoms with Crippen molar-refractivity contribution in [1.82, 2.24) is 18.4 Å². The summed E-state index contributed by atoms with van der Waals surface area (Å²) in [6.45, 7) is 5.76.